The topological polar surface area (TPSA) is 12.0 Å². The van der Waals surface area contributed by atoms with Gasteiger partial charge in [-0.15, -0.1) is 0 Å². The quantitative estimate of drug-likeness (QED) is 0.666. The molecule has 100 valence electrons. The molecule has 2 rings (SSSR count). The first-order valence-electron chi connectivity index (χ1n) is 6.74. The molecule has 0 amide bonds. The summed E-state index contributed by atoms with van der Waals surface area (Å²) >= 11 is 6.05. The Morgan fingerprint density at radius 1 is 1.39 bits per heavy atom. The average Bonchev–Trinajstić information content (AvgIpc) is 2.35. The zero-order valence-corrected chi connectivity index (χ0v) is 14.8. The van der Waals surface area contributed by atoms with Crippen molar-refractivity contribution in [2.45, 2.75) is 38.6 Å². The molecule has 1 aliphatic carbocycles. The minimum absolute atomic E-state index is 0.497. The standard InChI is InChI=1S/C15H21BrIN/c1-10-4-3-5-11(8-10)15(18-2)13-9-12(16)6-7-14(13)17/h6-7,9-11,15,18H,3-5,8H2,1-2H3. The Hall–Kier alpha value is 0.390. The molecule has 3 atom stereocenters. The van der Waals surface area contributed by atoms with Gasteiger partial charge in [0.1, 0.15) is 0 Å². The fourth-order valence-corrected chi connectivity index (χ4v) is 4.23. The van der Waals surface area contributed by atoms with Crippen molar-refractivity contribution in [2.75, 3.05) is 7.05 Å². The highest BCUT2D eigenvalue weighted by atomic mass is 127. The number of halogens is 2. The zero-order chi connectivity index (χ0) is 13.1. The Bertz CT molecular complexity index is 407. The monoisotopic (exact) mass is 421 g/mol. The number of benzene rings is 1. The van der Waals surface area contributed by atoms with Gasteiger partial charge in [0.2, 0.25) is 0 Å². The van der Waals surface area contributed by atoms with Crippen LogP contribution in [0.15, 0.2) is 22.7 Å². The molecule has 0 aromatic heterocycles. The molecular formula is C15H21BrIN. The molecule has 1 aromatic rings. The predicted octanol–water partition coefficient (Wildman–Crippen LogP) is 5.14. The van der Waals surface area contributed by atoms with E-state index >= 15 is 0 Å². The first kappa shape index (κ1) is 14.8. The maximum atomic E-state index is 3.60. The first-order chi connectivity index (χ1) is 8.61. The van der Waals surface area contributed by atoms with Crippen molar-refractivity contribution in [3.63, 3.8) is 0 Å². The molecule has 3 unspecified atom stereocenters. The maximum absolute atomic E-state index is 3.60. The SMILES string of the molecule is CNC(c1cc(Br)ccc1I)C1CCCC(C)C1. The second-order valence-corrected chi connectivity index (χ2v) is 7.54. The second kappa shape index (κ2) is 6.71. The van der Waals surface area contributed by atoms with Crippen LogP contribution in [0.4, 0.5) is 0 Å². The Balaban J connectivity index is 2.24. The summed E-state index contributed by atoms with van der Waals surface area (Å²) in [5, 5.41) is 3.55. The summed E-state index contributed by atoms with van der Waals surface area (Å²) in [6.45, 7) is 2.39. The molecule has 1 aromatic carbocycles. The third-order valence-corrected chi connectivity index (χ3v) is 5.53. The summed E-state index contributed by atoms with van der Waals surface area (Å²) in [7, 11) is 2.10. The van der Waals surface area contributed by atoms with Crippen LogP contribution in [0, 0.1) is 15.4 Å². The maximum Gasteiger partial charge on any atom is 0.0357 e. The van der Waals surface area contributed by atoms with Crippen LogP contribution in [0.1, 0.15) is 44.2 Å². The molecule has 0 spiro atoms. The highest BCUT2D eigenvalue weighted by Crippen LogP contribution is 2.38. The van der Waals surface area contributed by atoms with E-state index in [1.54, 1.807) is 0 Å². The highest BCUT2D eigenvalue weighted by Gasteiger charge is 2.27. The van der Waals surface area contributed by atoms with Gasteiger partial charge in [-0.25, -0.2) is 0 Å². The van der Waals surface area contributed by atoms with E-state index in [1.165, 1.54) is 39.3 Å². The summed E-state index contributed by atoms with van der Waals surface area (Å²) in [6, 6.07) is 7.11. The Morgan fingerprint density at radius 3 is 2.83 bits per heavy atom. The fourth-order valence-electron chi connectivity index (χ4n) is 3.18. The van der Waals surface area contributed by atoms with Gasteiger partial charge < -0.3 is 5.32 Å². The van der Waals surface area contributed by atoms with E-state index in [-0.39, 0.29) is 0 Å². The van der Waals surface area contributed by atoms with E-state index in [9.17, 15) is 0 Å². The summed E-state index contributed by atoms with van der Waals surface area (Å²) in [6.07, 6.45) is 5.50. The van der Waals surface area contributed by atoms with Gasteiger partial charge in [0.05, 0.1) is 0 Å². The van der Waals surface area contributed by atoms with Crippen LogP contribution in [0.2, 0.25) is 0 Å². The normalized spacial score (nSPS) is 26.0. The minimum atomic E-state index is 0.497. The van der Waals surface area contributed by atoms with E-state index in [0.717, 1.165) is 11.8 Å². The van der Waals surface area contributed by atoms with Crippen molar-refractivity contribution in [2.24, 2.45) is 11.8 Å². The van der Waals surface area contributed by atoms with Gasteiger partial charge in [0.15, 0.2) is 0 Å². The Labute approximate surface area is 132 Å². The number of nitrogens with one attached hydrogen (secondary N) is 1. The molecule has 1 N–H and O–H groups in total. The molecule has 1 fully saturated rings. The molecule has 0 radical (unpaired) electrons. The van der Waals surface area contributed by atoms with Crippen molar-refractivity contribution >= 4 is 38.5 Å². The van der Waals surface area contributed by atoms with Crippen molar-refractivity contribution in [3.8, 4) is 0 Å². The van der Waals surface area contributed by atoms with Crippen LogP contribution in [-0.2, 0) is 0 Å². The van der Waals surface area contributed by atoms with Gasteiger partial charge >= 0.3 is 0 Å². The van der Waals surface area contributed by atoms with Gasteiger partial charge in [-0.3, -0.25) is 0 Å². The molecule has 0 heterocycles. The molecular weight excluding hydrogens is 401 g/mol. The first-order valence-corrected chi connectivity index (χ1v) is 8.61. The van der Waals surface area contributed by atoms with E-state index < -0.39 is 0 Å². The van der Waals surface area contributed by atoms with E-state index in [1.807, 2.05) is 0 Å². The van der Waals surface area contributed by atoms with E-state index in [0.29, 0.717) is 6.04 Å². The molecule has 1 aliphatic rings. The molecule has 0 bridgehead atoms. The zero-order valence-electron chi connectivity index (χ0n) is 11.0. The van der Waals surface area contributed by atoms with E-state index in [2.05, 4.69) is 76.0 Å². The number of hydrogen-bond donors (Lipinski definition) is 1. The lowest BCUT2D eigenvalue weighted by atomic mass is 9.77. The van der Waals surface area contributed by atoms with Crippen LogP contribution in [-0.4, -0.2) is 7.05 Å². The van der Waals surface area contributed by atoms with Crippen molar-refractivity contribution in [1.82, 2.24) is 5.32 Å². The van der Waals surface area contributed by atoms with E-state index in [4.69, 9.17) is 0 Å². The molecule has 1 saturated carbocycles. The van der Waals surface area contributed by atoms with Gasteiger partial charge in [0.25, 0.3) is 0 Å². The minimum Gasteiger partial charge on any atom is -0.313 e. The average molecular weight is 422 g/mol. The van der Waals surface area contributed by atoms with Gasteiger partial charge in [-0.1, -0.05) is 35.7 Å². The molecule has 0 saturated heterocycles. The summed E-state index contributed by atoms with van der Waals surface area (Å²) in [5.74, 6) is 1.66. The van der Waals surface area contributed by atoms with Crippen LogP contribution in [0.25, 0.3) is 0 Å². The van der Waals surface area contributed by atoms with Crippen molar-refractivity contribution < 1.29 is 0 Å². The lowest BCUT2D eigenvalue weighted by Gasteiger charge is -2.34. The third kappa shape index (κ3) is 3.48. The Kier molecular flexibility index (Phi) is 5.51. The summed E-state index contributed by atoms with van der Waals surface area (Å²) in [5.41, 5.74) is 1.45. The number of hydrogen-bond acceptors (Lipinski definition) is 1. The third-order valence-electron chi connectivity index (χ3n) is 4.05. The Morgan fingerprint density at radius 2 is 2.17 bits per heavy atom. The lowest BCUT2D eigenvalue weighted by Crippen LogP contribution is -2.29. The van der Waals surface area contributed by atoms with Crippen LogP contribution >= 0.6 is 38.5 Å². The highest BCUT2D eigenvalue weighted by molar-refractivity contribution is 14.1. The molecule has 18 heavy (non-hydrogen) atoms. The van der Waals surface area contributed by atoms with Crippen LogP contribution < -0.4 is 5.32 Å². The molecule has 1 nitrogen and oxygen atoms in total. The van der Waals surface area contributed by atoms with Crippen molar-refractivity contribution in [3.05, 3.63) is 31.8 Å². The summed E-state index contributed by atoms with van der Waals surface area (Å²) < 4.78 is 2.55. The van der Waals surface area contributed by atoms with Gasteiger partial charge in [-0.05, 0) is 78.1 Å². The van der Waals surface area contributed by atoms with Gasteiger partial charge in [-0.2, -0.15) is 0 Å². The predicted molar refractivity (Wildman–Crippen MR) is 89.8 cm³/mol. The smallest absolute Gasteiger partial charge is 0.0357 e. The molecule has 3 heteroatoms. The fraction of sp³-hybridized carbons (Fsp3) is 0.600. The van der Waals surface area contributed by atoms with Crippen LogP contribution in [0.3, 0.4) is 0 Å². The van der Waals surface area contributed by atoms with Crippen molar-refractivity contribution in [1.29, 1.82) is 0 Å². The van der Waals surface area contributed by atoms with Crippen LogP contribution in [0.5, 0.6) is 0 Å². The summed E-state index contributed by atoms with van der Waals surface area (Å²) in [4.78, 5) is 0. The largest absolute Gasteiger partial charge is 0.313 e. The molecule has 0 aliphatic heterocycles. The second-order valence-electron chi connectivity index (χ2n) is 5.46. The van der Waals surface area contributed by atoms with Gasteiger partial charge in [0, 0.05) is 14.1 Å². The number of rotatable bonds is 3. The lowest BCUT2D eigenvalue weighted by molar-refractivity contribution is 0.229.